The van der Waals surface area contributed by atoms with Crippen molar-refractivity contribution in [3.05, 3.63) is 24.6 Å². The highest BCUT2D eigenvalue weighted by Crippen LogP contribution is 2.40. The van der Waals surface area contributed by atoms with Gasteiger partial charge in [0.25, 0.3) is 0 Å². The Labute approximate surface area is 254 Å². The van der Waals surface area contributed by atoms with Gasteiger partial charge < -0.3 is 25.9 Å². The molecule has 4 saturated heterocycles. The van der Waals surface area contributed by atoms with Crippen LogP contribution in [0.15, 0.2) is 24.6 Å². The number of rotatable bonds is 4. The van der Waals surface area contributed by atoms with Crippen LogP contribution in [0.4, 0.5) is 9.18 Å². The topological polar surface area (TPSA) is 131 Å². The van der Waals surface area contributed by atoms with Crippen molar-refractivity contribution < 1.29 is 14.0 Å². The van der Waals surface area contributed by atoms with Gasteiger partial charge in [-0.3, -0.25) is 20.0 Å². The van der Waals surface area contributed by atoms with E-state index in [1.807, 2.05) is 11.1 Å². The molecule has 43 heavy (non-hydrogen) atoms. The van der Waals surface area contributed by atoms with Gasteiger partial charge in [0, 0.05) is 43.5 Å². The molecule has 0 spiro atoms. The molecule has 0 aliphatic carbocycles. The van der Waals surface area contributed by atoms with Crippen molar-refractivity contribution in [3.8, 4) is 6.07 Å². The highest BCUT2D eigenvalue weighted by molar-refractivity contribution is 5.87. The van der Waals surface area contributed by atoms with Crippen LogP contribution in [0, 0.1) is 29.1 Å². The van der Waals surface area contributed by atoms with Crippen molar-refractivity contribution >= 4 is 11.9 Å². The summed E-state index contributed by atoms with van der Waals surface area (Å²) in [6.07, 6.45) is 6.02. The van der Waals surface area contributed by atoms with E-state index >= 15 is 4.39 Å². The number of carbonyl (C=O) groups is 2. The summed E-state index contributed by atoms with van der Waals surface area (Å²) in [5.74, 6) is 0.215. The molecule has 236 valence electrons. The molecule has 0 aromatic rings. The molecule has 9 atom stereocenters. The fourth-order valence-electron chi connectivity index (χ4n) is 8.43. The lowest BCUT2D eigenvalue weighted by Gasteiger charge is -2.59. The van der Waals surface area contributed by atoms with Crippen molar-refractivity contribution in [1.29, 1.82) is 5.26 Å². The van der Waals surface area contributed by atoms with Crippen molar-refractivity contribution in [3.63, 3.8) is 0 Å². The van der Waals surface area contributed by atoms with Crippen LogP contribution < -0.4 is 26.9 Å². The van der Waals surface area contributed by atoms with E-state index in [1.165, 1.54) is 6.08 Å². The number of hydrazine groups is 2. The molecule has 3 amide bonds. The molecule has 0 aromatic heterocycles. The first-order valence-electron chi connectivity index (χ1n) is 16.1. The van der Waals surface area contributed by atoms with Crippen LogP contribution in [0.3, 0.4) is 0 Å². The molecule has 0 radical (unpaired) electrons. The van der Waals surface area contributed by atoms with E-state index in [9.17, 15) is 14.9 Å². The number of hydrogen-bond acceptors (Lipinski definition) is 9. The zero-order chi connectivity index (χ0) is 30.2. The lowest BCUT2D eigenvalue weighted by atomic mass is 9.76. The predicted molar refractivity (Wildman–Crippen MR) is 159 cm³/mol. The van der Waals surface area contributed by atoms with Crippen molar-refractivity contribution in [2.45, 2.75) is 102 Å². The average Bonchev–Trinajstić information content (AvgIpc) is 3.47. The number of hydrogen-bond donors (Lipinski definition) is 5. The van der Waals surface area contributed by atoms with Crippen LogP contribution in [-0.4, -0.2) is 101 Å². The maximum atomic E-state index is 16.2. The Kier molecular flexibility index (Phi) is 8.82. The van der Waals surface area contributed by atoms with Gasteiger partial charge in [-0.05, 0) is 56.6 Å². The van der Waals surface area contributed by atoms with Crippen molar-refractivity contribution in [2.24, 2.45) is 17.8 Å². The summed E-state index contributed by atoms with van der Waals surface area (Å²) in [5, 5.41) is 22.0. The number of fused-ring (bicyclic) bond motifs is 5. The summed E-state index contributed by atoms with van der Waals surface area (Å²) in [7, 11) is 0. The molecule has 5 N–H and O–H groups in total. The second kappa shape index (κ2) is 12.6. The Hall–Kier alpha value is -2.92. The van der Waals surface area contributed by atoms with Crippen LogP contribution in [0.1, 0.15) is 58.8 Å². The molecule has 12 nitrogen and oxygen atoms in total. The highest BCUT2D eigenvalue weighted by Gasteiger charge is 2.55. The van der Waals surface area contributed by atoms with Gasteiger partial charge in [0.15, 0.2) is 0 Å². The van der Waals surface area contributed by atoms with Crippen LogP contribution in [0.5, 0.6) is 0 Å². The van der Waals surface area contributed by atoms with Crippen molar-refractivity contribution in [2.75, 3.05) is 26.2 Å². The van der Waals surface area contributed by atoms with E-state index in [4.69, 9.17) is 0 Å². The van der Waals surface area contributed by atoms with Crippen molar-refractivity contribution in [1.82, 2.24) is 46.6 Å². The van der Waals surface area contributed by atoms with Gasteiger partial charge in [-0.15, -0.1) is 5.53 Å². The first-order chi connectivity index (χ1) is 20.8. The molecule has 0 saturated carbocycles. The molecule has 9 unspecified atom stereocenters. The monoisotopic (exact) mass is 598 g/mol. The summed E-state index contributed by atoms with van der Waals surface area (Å²) in [5.41, 5.74) is 7.41. The Balaban J connectivity index is 1.35. The number of amides is 3. The standard InChI is InChI=1S/C30H47FN10O2/c1-4-24(42)39-14-13-38(17-21(39)9-11-32)27-22-15-23(31)29-34-28(22)41(30(43)35-27)26-19(10-12-33-25(26)18(2)3)7-5-6-8-20-16-40(29)37-36-20/h4,16,18-19,21-23,25-29,33-34,36-37H,1,5-10,12-15,17H2,2-3H3,(H,35,43). The molecular weight excluding hydrogens is 551 g/mol. The number of nitriles is 1. The Morgan fingerprint density at radius 2 is 2.07 bits per heavy atom. The lowest BCUT2D eigenvalue weighted by Crippen LogP contribution is -2.80. The zero-order valence-corrected chi connectivity index (χ0v) is 25.3. The molecule has 6 rings (SSSR count). The highest BCUT2D eigenvalue weighted by atomic mass is 19.1. The summed E-state index contributed by atoms with van der Waals surface area (Å²) in [6.45, 7) is 10.3. The number of urea groups is 1. The SMILES string of the molecule is C=CC(=O)N1CCN(C2NC(=O)N3C4NC(C(F)CC24)N2C=C(CCCCC4CCNC(C(C)C)C43)NN2)CC1CC#N. The number of nitrogens with one attached hydrogen (secondary N) is 5. The van der Waals surface area contributed by atoms with E-state index < -0.39 is 24.7 Å². The zero-order valence-electron chi connectivity index (χ0n) is 25.3. The molecule has 6 aliphatic heterocycles. The minimum Gasteiger partial charge on any atom is -0.333 e. The number of allylic oxidation sites excluding steroid dienone is 1. The Bertz CT molecular complexity index is 1140. The fourth-order valence-corrected chi connectivity index (χ4v) is 8.43. The van der Waals surface area contributed by atoms with Gasteiger partial charge in [-0.25, -0.2) is 9.18 Å². The Morgan fingerprint density at radius 3 is 2.84 bits per heavy atom. The van der Waals surface area contributed by atoms with Crippen LogP contribution in [-0.2, 0) is 4.79 Å². The minimum atomic E-state index is -1.20. The number of carbonyl (C=O) groups excluding carboxylic acids is 2. The summed E-state index contributed by atoms with van der Waals surface area (Å²) < 4.78 is 16.2. The maximum Gasteiger partial charge on any atom is 0.320 e. The normalized spacial score (nSPS) is 38.4. The first kappa shape index (κ1) is 30.1. The van der Waals surface area contributed by atoms with Crippen LogP contribution >= 0.6 is 0 Å². The Morgan fingerprint density at radius 1 is 1.23 bits per heavy atom. The van der Waals surface area contributed by atoms with Gasteiger partial charge in [0.2, 0.25) is 5.91 Å². The predicted octanol–water partition coefficient (Wildman–Crippen LogP) is 1.29. The van der Waals surface area contributed by atoms with Crippen LogP contribution in [0.2, 0.25) is 0 Å². The molecule has 13 heteroatoms. The minimum absolute atomic E-state index is 0.0319. The largest absolute Gasteiger partial charge is 0.333 e. The second-order valence-corrected chi connectivity index (χ2v) is 13.3. The number of alkyl halides is 1. The van der Waals surface area contributed by atoms with Gasteiger partial charge in [-0.1, -0.05) is 26.8 Å². The number of nitrogens with zero attached hydrogens (tertiary/aromatic N) is 5. The van der Waals surface area contributed by atoms with Gasteiger partial charge in [0.1, 0.15) is 12.3 Å². The van der Waals surface area contributed by atoms with E-state index in [0.717, 1.165) is 44.3 Å². The molecule has 6 aliphatic rings. The summed E-state index contributed by atoms with van der Waals surface area (Å²) >= 11 is 0. The second-order valence-electron chi connectivity index (χ2n) is 13.3. The van der Waals surface area contributed by atoms with E-state index in [0.29, 0.717) is 31.5 Å². The van der Waals surface area contributed by atoms with Gasteiger partial charge in [0.05, 0.1) is 36.9 Å². The van der Waals surface area contributed by atoms with E-state index in [2.05, 4.69) is 58.3 Å². The molecule has 6 heterocycles. The van der Waals surface area contributed by atoms with E-state index in [-0.39, 0.29) is 48.8 Å². The number of piperazine rings is 1. The smallest absolute Gasteiger partial charge is 0.320 e. The first-order valence-corrected chi connectivity index (χ1v) is 16.1. The van der Waals surface area contributed by atoms with Crippen LogP contribution in [0.25, 0.3) is 0 Å². The molecule has 0 aromatic carbocycles. The lowest BCUT2D eigenvalue weighted by molar-refractivity contribution is -0.134. The third-order valence-corrected chi connectivity index (χ3v) is 10.5. The molecular formula is C30H47FN10O2. The quantitative estimate of drug-likeness (QED) is 0.304. The fraction of sp³-hybridized carbons (Fsp3) is 0.767. The third-order valence-electron chi connectivity index (χ3n) is 10.5. The average molecular weight is 599 g/mol. The maximum absolute atomic E-state index is 16.2. The number of piperidine rings is 2. The van der Waals surface area contributed by atoms with Gasteiger partial charge in [-0.2, -0.15) is 5.26 Å². The summed E-state index contributed by atoms with van der Waals surface area (Å²) in [4.78, 5) is 32.8. The molecule has 4 bridgehead atoms. The summed E-state index contributed by atoms with van der Waals surface area (Å²) in [6, 6.07) is 1.84. The third kappa shape index (κ3) is 5.70. The van der Waals surface area contributed by atoms with Gasteiger partial charge >= 0.3 is 6.03 Å². The van der Waals surface area contributed by atoms with E-state index in [1.54, 1.807) is 9.91 Å². The molecule has 4 fully saturated rings. The number of halogens is 1.